The van der Waals surface area contributed by atoms with Gasteiger partial charge < -0.3 is 14.2 Å². The maximum absolute atomic E-state index is 14.0. The minimum Gasteiger partial charge on any atom is -0.467 e. The molecule has 1 heterocycles. The highest BCUT2D eigenvalue weighted by Crippen LogP contribution is 2.43. The van der Waals surface area contributed by atoms with Crippen LogP contribution in [-0.4, -0.2) is 48.3 Å². The van der Waals surface area contributed by atoms with Crippen LogP contribution >= 0.6 is 0 Å². The zero-order valence-corrected chi connectivity index (χ0v) is 25.1. The number of cyclic esters (lactones) is 1. The van der Waals surface area contributed by atoms with Crippen molar-refractivity contribution in [3.63, 3.8) is 0 Å². The van der Waals surface area contributed by atoms with Gasteiger partial charge in [-0.15, -0.1) is 0 Å². The van der Waals surface area contributed by atoms with Gasteiger partial charge in [0.25, 0.3) is 0 Å². The quantitative estimate of drug-likeness (QED) is 0.105. The largest absolute Gasteiger partial charge is 0.467 e. The van der Waals surface area contributed by atoms with Crippen molar-refractivity contribution < 1.29 is 28.6 Å². The first-order chi connectivity index (χ1) is 22.0. The van der Waals surface area contributed by atoms with E-state index in [0.717, 1.165) is 22.3 Å². The highest BCUT2D eigenvalue weighted by Gasteiger charge is 2.48. The molecule has 1 fully saturated rings. The molecule has 230 valence electrons. The van der Waals surface area contributed by atoms with Gasteiger partial charge in [0.1, 0.15) is 24.7 Å². The van der Waals surface area contributed by atoms with Crippen molar-refractivity contribution in [2.45, 2.75) is 50.1 Å². The van der Waals surface area contributed by atoms with Crippen molar-refractivity contribution in [2.75, 3.05) is 7.11 Å². The van der Waals surface area contributed by atoms with Gasteiger partial charge in [0, 0.05) is 6.21 Å². The molecule has 8 nitrogen and oxygen atoms in total. The number of aliphatic imine (C=N–C) groups is 1. The number of hydrogen-bond donors (Lipinski definition) is 0. The predicted molar refractivity (Wildman–Crippen MR) is 170 cm³/mol. The van der Waals surface area contributed by atoms with E-state index in [1.807, 2.05) is 121 Å². The Hall–Kier alpha value is -5.24. The summed E-state index contributed by atoms with van der Waals surface area (Å²) in [5, 5.41) is 0. The van der Waals surface area contributed by atoms with Crippen molar-refractivity contribution in [2.24, 2.45) is 4.99 Å². The summed E-state index contributed by atoms with van der Waals surface area (Å²) in [6, 6.07) is 35.4. The normalized spacial score (nSPS) is 18.6. The summed E-state index contributed by atoms with van der Waals surface area (Å²) in [6.07, 6.45) is 1.20. The molecule has 0 saturated carbocycles. The standard InChI is InChI=1S/C37H36N2O6/c1-43-35(40)31(38-25-27-15-6-2-7-16-27)23-14-24-32-36(41)45-34(30-21-12-5-13-22-30)33(29-19-10-4-11-20-29)39(32)37(42)44-26-28-17-8-3-9-18-28/h2-13,15-22,25,31-34H,14,23-24,26H2,1H3/t31-,32+,33+,34-/m0/s1. The van der Waals surface area contributed by atoms with Crippen LogP contribution in [0.1, 0.15) is 53.7 Å². The van der Waals surface area contributed by atoms with Gasteiger partial charge in [-0.2, -0.15) is 0 Å². The zero-order valence-electron chi connectivity index (χ0n) is 25.1. The molecule has 0 unspecified atom stereocenters. The molecule has 0 bridgehead atoms. The number of nitrogens with zero attached hydrogens (tertiary/aromatic N) is 2. The molecular weight excluding hydrogens is 568 g/mol. The summed E-state index contributed by atoms with van der Waals surface area (Å²) in [7, 11) is 1.32. The van der Waals surface area contributed by atoms with E-state index in [4.69, 9.17) is 14.2 Å². The van der Waals surface area contributed by atoms with E-state index < -0.39 is 42.3 Å². The van der Waals surface area contributed by atoms with E-state index in [0.29, 0.717) is 12.8 Å². The number of carbonyl (C=O) groups excluding carboxylic acids is 3. The number of carbonyl (C=O) groups is 3. The first-order valence-electron chi connectivity index (χ1n) is 15.0. The topological polar surface area (TPSA) is 94.5 Å². The Morgan fingerprint density at radius 1 is 0.844 bits per heavy atom. The van der Waals surface area contributed by atoms with E-state index in [1.165, 1.54) is 12.0 Å². The fourth-order valence-electron chi connectivity index (χ4n) is 5.50. The summed E-state index contributed by atoms with van der Waals surface area (Å²) in [5.41, 5.74) is 3.25. The van der Waals surface area contributed by atoms with Crippen molar-refractivity contribution in [1.29, 1.82) is 0 Å². The average Bonchev–Trinajstić information content (AvgIpc) is 3.10. The van der Waals surface area contributed by atoms with Crippen molar-refractivity contribution in [3.8, 4) is 0 Å². The van der Waals surface area contributed by atoms with E-state index in [1.54, 1.807) is 6.21 Å². The number of methoxy groups -OCH3 is 1. The second kappa shape index (κ2) is 15.5. The Morgan fingerprint density at radius 2 is 1.42 bits per heavy atom. The van der Waals surface area contributed by atoms with Crippen molar-refractivity contribution in [1.82, 2.24) is 4.90 Å². The molecule has 1 amide bonds. The van der Waals surface area contributed by atoms with Crippen LogP contribution in [0.4, 0.5) is 4.79 Å². The third kappa shape index (κ3) is 8.03. The van der Waals surface area contributed by atoms with Crippen LogP contribution in [0.2, 0.25) is 0 Å². The zero-order chi connectivity index (χ0) is 31.4. The van der Waals surface area contributed by atoms with Crippen LogP contribution in [0.3, 0.4) is 0 Å². The Labute approximate surface area is 263 Å². The fourth-order valence-corrected chi connectivity index (χ4v) is 5.50. The molecule has 1 aliphatic rings. The SMILES string of the molecule is COC(=O)[C@H](CCC[C@@H]1C(=O)O[C@@H](c2ccccc2)[C@@H](c2ccccc2)N1C(=O)OCc1ccccc1)N=Cc1ccccc1. The van der Waals surface area contributed by atoms with Crippen molar-refractivity contribution in [3.05, 3.63) is 144 Å². The minimum atomic E-state index is -0.949. The molecule has 45 heavy (non-hydrogen) atoms. The van der Waals surface area contributed by atoms with Crippen LogP contribution in [0.15, 0.2) is 126 Å². The predicted octanol–water partition coefficient (Wildman–Crippen LogP) is 6.86. The summed E-state index contributed by atoms with van der Waals surface area (Å²) < 4.78 is 17.0. The monoisotopic (exact) mass is 604 g/mol. The molecule has 1 aliphatic heterocycles. The molecule has 0 aliphatic carbocycles. The minimum absolute atomic E-state index is 0.0497. The highest BCUT2D eigenvalue weighted by atomic mass is 16.6. The highest BCUT2D eigenvalue weighted by molar-refractivity contribution is 5.84. The van der Waals surface area contributed by atoms with E-state index in [2.05, 4.69) is 4.99 Å². The Bertz CT molecular complexity index is 1560. The molecular formula is C37H36N2O6. The van der Waals surface area contributed by atoms with E-state index in [-0.39, 0.29) is 13.0 Å². The number of amides is 1. The van der Waals surface area contributed by atoms with Gasteiger partial charge in [0.05, 0.1) is 7.11 Å². The summed E-state index contributed by atoms with van der Waals surface area (Å²) in [5.74, 6) is -1.01. The Kier molecular flexibility index (Phi) is 10.7. The maximum Gasteiger partial charge on any atom is 0.411 e. The summed E-state index contributed by atoms with van der Waals surface area (Å²) in [6.45, 7) is 0.0497. The van der Waals surface area contributed by atoms with Crippen LogP contribution in [0, 0.1) is 0 Å². The van der Waals surface area contributed by atoms with Crippen molar-refractivity contribution >= 4 is 24.2 Å². The molecule has 0 radical (unpaired) electrons. The molecule has 4 aromatic carbocycles. The number of ether oxygens (including phenoxy) is 3. The first kappa shape index (κ1) is 31.2. The summed E-state index contributed by atoms with van der Waals surface area (Å²) >= 11 is 0. The molecule has 4 atom stereocenters. The summed E-state index contributed by atoms with van der Waals surface area (Å²) in [4.78, 5) is 46.3. The van der Waals surface area contributed by atoms with Crippen LogP contribution in [0.25, 0.3) is 0 Å². The lowest BCUT2D eigenvalue weighted by Crippen LogP contribution is -2.54. The second-order valence-corrected chi connectivity index (χ2v) is 10.7. The lowest BCUT2D eigenvalue weighted by molar-refractivity contribution is -0.173. The lowest BCUT2D eigenvalue weighted by Gasteiger charge is -2.44. The van der Waals surface area contributed by atoms with Gasteiger partial charge in [-0.3, -0.25) is 9.89 Å². The third-order valence-corrected chi connectivity index (χ3v) is 7.75. The molecule has 8 heteroatoms. The Morgan fingerprint density at radius 3 is 2.04 bits per heavy atom. The van der Waals surface area contributed by atoms with Gasteiger partial charge in [0.2, 0.25) is 0 Å². The van der Waals surface area contributed by atoms with E-state index in [9.17, 15) is 14.4 Å². The van der Waals surface area contributed by atoms with Gasteiger partial charge in [-0.05, 0) is 41.5 Å². The molecule has 4 aromatic rings. The molecule has 0 spiro atoms. The molecule has 5 rings (SSSR count). The van der Waals surface area contributed by atoms with Crippen LogP contribution in [0.5, 0.6) is 0 Å². The average molecular weight is 605 g/mol. The molecule has 0 aromatic heterocycles. The number of morpholine rings is 1. The molecule has 1 saturated heterocycles. The van der Waals surface area contributed by atoms with Crippen LogP contribution in [-0.2, 0) is 30.4 Å². The molecule has 0 N–H and O–H groups in total. The van der Waals surface area contributed by atoms with Gasteiger partial charge in [0.15, 0.2) is 6.10 Å². The number of benzene rings is 4. The van der Waals surface area contributed by atoms with Gasteiger partial charge >= 0.3 is 18.0 Å². The Balaban J connectivity index is 1.43. The van der Waals surface area contributed by atoms with Crippen LogP contribution < -0.4 is 0 Å². The van der Waals surface area contributed by atoms with E-state index >= 15 is 0 Å². The number of rotatable bonds is 11. The smallest absolute Gasteiger partial charge is 0.411 e. The third-order valence-electron chi connectivity index (χ3n) is 7.75. The number of esters is 2. The fraction of sp³-hybridized carbons (Fsp3) is 0.243. The number of hydrogen-bond acceptors (Lipinski definition) is 7. The lowest BCUT2D eigenvalue weighted by atomic mass is 9.90. The maximum atomic E-state index is 14.0. The van der Waals surface area contributed by atoms with Gasteiger partial charge in [-0.25, -0.2) is 14.4 Å². The van der Waals surface area contributed by atoms with Gasteiger partial charge in [-0.1, -0.05) is 121 Å². The first-order valence-corrected chi connectivity index (χ1v) is 15.0. The second-order valence-electron chi connectivity index (χ2n) is 10.7.